The van der Waals surface area contributed by atoms with Gasteiger partial charge in [-0.25, -0.2) is 4.98 Å². The molecule has 1 aromatic heterocycles. The summed E-state index contributed by atoms with van der Waals surface area (Å²) in [6, 6.07) is 9.10. The van der Waals surface area contributed by atoms with Crippen molar-refractivity contribution in [3.05, 3.63) is 47.8 Å². The Morgan fingerprint density at radius 2 is 1.86 bits per heavy atom. The molecule has 0 atom stereocenters. The lowest BCUT2D eigenvalue weighted by atomic mass is 10.2. The van der Waals surface area contributed by atoms with Crippen molar-refractivity contribution >= 4 is 18.0 Å². The molecule has 0 spiro atoms. The van der Waals surface area contributed by atoms with Crippen LogP contribution in [0.15, 0.2) is 36.5 Å². The molecule has 8 heteroatoms. The maximum Gasteiger partial charge on any atom is 0.270 e. The van der Waals surface area contributed by atoms with Crippen molar-refractivity contribution in [1.82, 2.24) is 15.2 Å². The van der Waals surface area contributed by atoms with E-state index in [0.29, 0.717) is 36.8 Å². The maximum absolute atomic E-state index is 12.4. The van der Waals surface area contributed by atoms with Gasteiger partial charge in [0, 0.05) is 32.7 Å². The van der Waals surface area contributed by atoms with Crippen LogP contribution in [0.25, 0.3) is 0 Å². The third-order valence-corrected chi connectivity index (χ3v) is 4.71. The number of anilines is 1. The predicted octanol–water partition coefficient (Wildman–Crippen LogP) is 1.31. The summed E-state index contributed by atoms with van der Waals surface area (Å²) in [5.74, 6) is 1.02. The predicted molar refractivity (Wildman–Crippen MR) is 105 cm³/mol. The van der Waals surface area contributed by atoms with E-state index in [1.807, 2.05) is 18.2 Å². The average Bonchev–Trinajstić information content (AvgIpc) is 2.77. The molecule has 1 aromatic carbocycles. The summed E-state index contributed by atoms with van der Waals surface area (Å²) in [4.78, 5) is 31.4. The Balaban J connectivity index is 1.57. The Morgan fingerprint density at radius 3 is 2.46 bits per heavy atom. The summed E-state index contributed by atoms with van der Waals surface area (Å²) in [6.07, 6.45) is 2.57. The zero-order valence-corrected chi connectivity index (χ0v) is 16.1. The summed E-state index contributed by atoms with van der Waals surface area (Å²) in [6.45, 7) is 3.25. The maximum atomic E-state index is 12.4. The molecule has 28 heavy (non-hydrogen) atoms. The van der Waals surface area contributed by atoms with Crippen molar-refractivity contribution < 1.29 is 19.1 Å². The van der Waals surface area contributed by atoms with Crippen LogP contribution in [-0.4, -0.2) is 62.6 Å². The summed E-state index contributed by atoms with van der Waals surface area (Å²) < 4.78 is 10.5. The van der Waals surface area contributed by atoms with Crippen LogP contribution in [-0.2, 0) is 11.3 Å². The second-order valence-electron chi connectivity index (χ2n) is 6.40. The van der Waals surface area contributed by atoms with Crippen LogP contribution in [0.1, 0.15) is 16.1 Å². The van der Waals surface area contributed by atoms with Gasteiger partial charge in [-0.1, -0.05) is 6.07 Å². The fraction of sp³-hybridized carbons (Fsp3) is 0.350. The van der Waals surface area contributed by atoms with Crippen LogP contribution in [0.3, 0.4) is 0 Å². The molecular formula is C20H24N4O4. The van der Waals surface area contributed by atoms with E-state index in [-0.39, 0.29) is 5.91 Å². The number of carbonyl (C=O) groups is 2. The van der Waals surface area contributed by atoms with Crippen LogP contribution < -0.4 is 19.7 Å². The number of amides is 2. The number of methoxy groups -OCH3 is 2. The zero-order chi connectivity index (χ0) is 19.9. The lowest BCUT2D eigenvalue weighted by Gasteiger charge is -2.33. The minimum Gasteiger partial charge on any atom is -0.493 e. The highest BCUT2D eigenvalue weighted by Gasteiger charge is 2.16. The third kappa shape index (κ3) is 4.51. The number of hydrogen-bond donors (Lipinski definition) is 1. The molecule has 2 aromatic rings. The first-order valence-electron chi connectivity index (χ1n) is 9.04. The van der Waals surface area contributed by atoms with E-state index in [1.54, 1.807) is 37.4 Å². The largest absolute Gasteiger partial charge is 0.493 e. The van der Waals surface area contributed by atoms with Gasteiger partial charge in [0.1, 0.15) is 5.69 Å². The molecule has 0 bridgehead atoms. The molecule has 3 rings (SSSR count). The highest BCUT2D eigenvalue weighted by Crippen LogP contribution is 2.27. The van der Waals surface area contributed by atoms with Crippen molar-refractivity contribution in [3.8, 4) is 11.5 Å². The fourth-order valence-electron chi connectivity index (χ4n) is 3.06. The number of hydrogen-bond acceptors (Lipinski definition) is 6. The molecule has 0 radical (unpaired) electrons. The van der Waals surface area contributed by atoms with E-state index >= 15 is 0 Å². The number of pyridine rings is 1. The van der Waals surface area contributed by atoms with Crippen molar-refractivity contribution in [2.75, 3.05) is 45.3 Å². The number of ether oxygens (including phenoxy) is 2. The normalized spacial score (nSPS) is 13.8. The molecule has 0 saturated carbocycles. The lowest BCUT2D eigenvalue weighted by Crippen LogP contribution is -2.45. The number of aromatic nitrogens is 1. The second kappa shape index (κ2) is 9.07. The van der Waals surface area contributed by atoms with Gasteiger partial charge in [-0.2, -0.15) is 0 Å². The molecule has 1 aliphatic heterocycles. The summed E-state index contributed by atoms with van der Waals surface area (Å²) in [7, 11) is 3.15. The van der Waals surface area contributed by atoms with Crippen LogP contribution in [0, 0.1) is 0 Å². The molecule has 1 fully saturated rings. The van der Waals surface area contributed by atoms with E-state index in [1.165, 1.54) is 0 Å². The van der Waals surface area contributed by atoms with Crippen LogP contribution in [0.5, 0.6) is 11.5 Å². The minimum atomic E-state index is -0.243. The quantitative estimate of drug-likeness (QED) is 0.725. The van der Waals surface area contributed by atoms with Crippen molar-refractivity contribution in [2.24, 2.45) is 0 Å². The van der Waals surface area contributed by atoms with Gasteiger partial charge in [0.25, 0.3) is 5.91 Å². The smallest absolute Gasteiger partial charge is 0.270 e. The van der Waals surface area contributed by atoms with Crippen LogP contribution in [0.4, 0.5) is 5.69 Å². The zero-order valence-electron chi connectivity index (χ0n) is 16.1. The number of rotatable bonds is 7. The van der Waals surface area contributed by atoms with Gasteiger partial charge >= 0.3 is 0 Å². The Labute approximate surface area is 164 Å². The number of carbonyl (C=O) groups excluding carboxylic acids is 2. The van der Waals surface area contributed by atoms with Gasteiger partial charge in [-0.15, -0.1) is 0 Å². The van der Waals surface area contributed by atoms with Gasteiger partial charge in [0.15, 0.2) is 11.5 Å². The monoisotopic (exact) mass is 384 g/mol. The summed E-state index contributed by atoms with van der Waals surface area (Å²) >= 11 is 0. The molecule has 0 unspecified atom stereocenters. The first-order chi connectivity index (χ1) is 13.6. The highest BCUT2D eigenvalue weighted by atomic mass is 16.5. The summed E-state index contributed by atoms with van der Waals surface area (Å²) in [5, 5.41) is 2.86. The molecule has 1 N–H and O–H groups in total. The van der Waals surface area contributed by atoms with Crippen molar-refractivity contribution in [2.45, 2.75) is 6.54 Å². The molecule has 1 saturated heterocycles. The van der Waals surface area contributed by atoms with Crippen molar-refractivity contribution in [3.63, 3.8) is 0 Å². The molecule has 2 heterocycles. The third-order valence-electron chi connectivity index (χ3n) is 4.71. The van der Waals surface area contributed by atoms with E-state index in [0.717, 1.165) is 30.8 Å². The minimum absolute atomic E-state index is 0.243. The fourth-order valence-corrected chi connectivity index (χ4v) is 3.06. The number of nitrogens with one attached hydrogen (secondary N) is 1. The SMILES string of the molecule is COc1ccc(CNC(=O)c2ccc(N3CCN(C=O)CC3)cn2)cc1OC. The van der Waals surface area contributed by atoms with E-state index in [9.17, 15) is 9.59 Å². The first-order valence-corrected chi connectivity index (χ1v) is 9.04. The standard InChI is InChI=1S/C20H24N4O4/c1-27-18-6-3-15(11-19(18)28-2)12-22-20(26)17-5-4-16(13-21-17)24-9-7-23(14-25)8-10-24/h3-6,11,13-14H,7-10,12H2,1-2H3,(H,22,26). The number of nitrogens with zero attached hydrogens (tertiary/aromatic N) is 3. The Morgan fingerprint density at radius 1 is 1.11 bits per heavy atom. The molecule has 148 valence electrons. The molecule has 8 nitrogen and oxygen atoms in total. The molecule has 1 aliphatic rings. The average molecular weight is 384 g/mol. The van der Waals surface area contributed by atoms with Crippen LogP contribution in [0.2, 0.25) is 0 Å². The topological polar surface area (TPSA) is 84.0 Å². The Kier molecular flexibility index (Phi) is 6.31. The van der Waals surface area contributed by atoms with Gasteiger partial charge in [-0.3, -0.25) is 9.59 Å². The van der Waals surface area contributed by atoms with Gasteiger partial charge in [0.2, 0.25) is 6.41 Å². The summed E-state index contributed by atoms with van der Waals surface area (Å²) in [5.41, 5.74) is 2.20. The number of benzene rings is 1. The van der Waals surface area contributed by atoms with E-state index < -0.39 is 0 Å². The molecular weight excluding hydrogens is 360 g/mol. The van der Waals surface area contributed by atoms with Gasteiger partial charge in [0.05, 0.1) is 26.1 Å². The highest BCUT2D eigenvalue weighted by molar-refractivity contribution is 5.92. The first kappa shape index (κ1) is 19.5. The second-order valence-corrected chi connectivity index (χ2v) is 6.40. The van der Waals surface area contributed by atoms with Crippen molar-refractivity contribution in [1.29, 1.82) is 0 Å². The molecule has 0 aliphatic carbocycles. The number of piperazine rings is 1. The van der Waals surface area contributed by atoms with Gasteiger partial charge < -0.3 is 24.6 Å². The van der Waals surface area contributed by atoms with E-state index in [4.69, 9.17) is 9.47 Å². The lowest BCUT2D eigenvalue weighted by molar-refractivity contribution is -0.118. The Bertz CT molecular complexity index is 817. The van der Waals surface area contributed by atoms with Crippen LogP contribution >= 0.6 is 0 Å². The Hall–Kier alpha value is -3.29. The van der Waals surface area contributed by atoms with E-state index in [2.05, 4.69) is 15.2 Å². The van der Waals surface area contributed by atoms with Gasteiger partial charge in [-0.05, 0) is 29.8 Å². The molecule has 2 amide bonds.